The molecule has 1 amide bonds. The third-order valence-electron chi connectivity index (χ3n) is 3.52. The second-order valence-corrected chi connectivity index (χ2v) is 7.34. The Morgan fingerprint density at radius 1 is 1.30 bits per heavy atom. The van der Waals surface area contributed by atoms with Gasteiger partial charge in [0.05, 0.1) is 4.90 Å². The molecule has 0 bridgehead atoms. The third kappa shape index (κ3) is 5.04. The lowest BCUT2D eigenvalue weighted by Crippen LogP contribution is -2.28. The second-order valence-electron chi connectivity index (χ2n) is 5.63. The molecule has 0 unspecified atom stereocenters. The standard InChI is InChI=1S/C15H20N2O5S/c1-10-4-7-12(23(21,22)17-11-5-6-11)9-13(10)15(20)16-8-2-3-14(18)19/h4,7,9,11,17H,2-3,5-6,8H2,1H3,(H,16,20)(H,18,19). The van der Waals surface area contributed by atoms with Gasteiger partial charge in [-0.05, 0) is 43.9 Å². The molecule has 0 spiro atoms. The average Bonchev–Trinajstić information content (AvgIpc) is 3.26. The first-order valence-corrected chi connectivity index (χ1v) is 8.91. The highest BCUT2D eigenvalue weighted by atomic mass is 32.2. The van der Waals surface area contributed by atoms with Crippen LogP contribution in [0.3, 0.4) is 0 Å². The van der Waals surface area contributed by atoms with Crippen molar-refractivity contribution < 1.29 is 23.1 Å². The van der Waals surface area contributed by atoms with Crippen LogP contribution in [0.4, 0.5) is 0 Å². The Kier molecular flexibility index (Phi) is 5.38. The number of carboxylic acids is 1. The Morgan fingerprint density at radius 2 is 2.00 bits per heavy atom. The third-order valence-corrected chi connectivity index (χ3v) is 5.03. The van der Waals surface area contributed by atoms with Crippen LogP contribution in [0.25, 0.3) is 0 Å². The predicted octanol–water partition coefficient (Wildman–Crippen LogP) is 1.03. The Morgan fingerprint density at radius 3 is 2.61 bits per heavy atom. The summed E-state index contributed by atoms with van der Waals surface area (Å²) in [4.78, 5) is 22.6. The van der Waals surface area contributed by atoms with E-state index < -0.39 is 21.9 Å². The van der Waals surface area contributed by atoms with Gasteiger partial charge in [-0.15, -0.1) is 0 Å². The first kappa shape index (κ1) is 17.4. The van der Waals surface area contributed by atoms with Gasteiger partial charge in [-0.1, -0.05) is 6.07 Å². The van der Waals surface area contributed by atoms with Crippen LogP contribution in [-0.4, -0.2) is 38.0 Å². The SMILES string of the molecule is Cc1ccc(S(=O)(=O)NC2CC2)cc1C(=O)NCCCC(=O)O. The van der Waals surface area contributed by atoms with Crippen LogP contribution in [0.15, 0.2) is 23.1 Å². The maximum absolute atomic E-state index is 12.2. The zero-order valence-electron chi connectivity index (χ0n) is 12.8. The number of carboxylic acid groups (broad SMARTS) is 1. The Hall–Kier alpha value is -1.93. The van der Waals surface area contributed by atoms with Gasteiger partial charge in [0.1, 0.15) is 0 Å². The predicted molar refractivity (Wildman–Crippen MR) is 83.7 cm³/mol. The summed E-state index contributed by atoms with van der Waals surface area (Å²) in [5, 5.41) is 11.2. The number of nitrogens with one attached hydrogen (secondary N) is 2. The van der Waals surface area contributed by atoms with Crippen molar-refractivity contribution in [1.82, 2.24) is 10.0 Å². The van der Waals surface area contributed by atoms with Crippen molar-refractivity contribution >= 4 is 21.9 Å². The van der Waals surface area contributed by atoms with E-state index in [1.54, 1.807) is 13.0 Å². The van der Waals surface area contributed by atoms with E-state index in [9.17, 15) is 18.0 Å². The van der Waals surface area contributed by atoms with E-state index in [-0.39, 0.29) is 29.5 Å². The highest BCUT2D eigenvalue weighted by Gasteiger charge is 2.28. The summed E-state index contributed by atoms with van der Waals surface area (Å²) in [6, 6.07) is 4.41. The molecule has 1 aliphatic rings. The first-order chi connectivity index (χ1) is 10.8. The number of rotatable bonds is 8. The summed E-state index contributed by atoms with van der Waals surface area (Å²) in [7, 11) is -3.61. The lowest BCUT2D eigenvalue weighted by atomic mass is 10.1. The molecule has 0 atom stereocenters. The van der Waals surface area contributed by atoms with Gasteiger partial charge in [0.2, 0.25) is 10.0 Å². The topological polar surface area (TPSA) is 113 Å². The molecular formula is C15H20N2O5S. The van der Waals surface area contributed by atoms with Gasteiger partial charge >= 0.3 is 5.97 Å². The summed E-state index contributed by atoms with van der Waals surface area (Å²) >= 11 is 0. The summed E-state index contributed by atoms with van der Waals surface area (Å²) in [5.41, 5.74) is 0.935. The van der Waals surface area contributed by atoms with E-state index in [0.717, 1.165) is 12.8 Å². The number of hydrogen-bond donors (Lipinski definition) is 3. The van der Waals surface area contributed by atoms with Crippen molar-refractivity contribution in [2.24, 2.45) is 0 Å². The molecule has 7 nitrogen and oxygen atoms in total. The van der Waals surface area contributed by atoms with Crippen molar-refractivity contribution in [3.63, 3.8) is 0 Å². The molecular weight excluding hydrogens is 320 g/mol. The highest BCUT2D eigenvalue weighted by molar-refractivity contribution is 7.89. The number of carbonyl (C=O) groups is 2. The molecule has 0 heterocycles. The maximum Gasteiger partial charge on any atom is 0.303 e. The number of hydrogen-bond acceptors (Lipinski definition) is 4. The quantitative estimate of drug-likeness (QED) is 0.612. The number of carbonyl (C=O) groups excluding carboxylic acids is 1. The molecule has 0 aromatic heterocycles. The zero-order valence-corrected chi connectivity index (χ0v) is 13.6. The van der Waals surface area contributed by atoms with E-state index in [4.69, 9.17) is 5.11 Å². The van der Waals surface area contributed by atoms with Gasteiger partial charge in [-0.2, -0.15) is 0 Å². The Bertz CT molecular complexity index is 711. The monoisotopic (exact) mass is 340 g/mol. The average molecular weight is 340 g/mol. The fourth-order valence-corrected chi connectivity index (χ4v) is 3.37. The molecule has 0 radical (unpaired) electrons. The van der Waals surface area contributed by atoms with Gasteiger partial charge in [0, 0.05) is 24.6 Å². The highest BCUT2D eigenvalue weighted by Crippen LogP contribution is 2.23. The number of amides is 1. The van der Waals surface area contributed by atoms with Crippen LogP contribution in [0, 0.1) is 6.92 Å². The van der Waals surface area contributed by atoms with Crippen molar-refractivity contribution in [2.45, 2.75) is 43.5 Å². The van der Waals surface area contributed by atoms with E-state index >= 15 is 0 Å². The smallest absolute Gasteiger partial charge is 0.303 e. The summed E-state index contributed by atoms with van der Waals surface area (Å²) in [6.07, 6.45) is 1.96. The Balaban J connectivity index is 2.07. The van der Waals surface area contributed by atoms with Crippen LogP contribution in [0.5, 0.6) is 0 Å². The minimum atomic E-state index is -3.61. The Labute approximate surface area is 135 Å². The summed E-state index contributed by atoms with van der Waals surface area (Å²) in [5.74, 6) is -1.33. The molecule has 0 saturated heterocycles. The van der Waals surface area contributed by atoms with Crippen molar-refractivity contribution in [2.75, 3.05) is 6.54 Å². The minimum Gasteiger partial charge on any atom is -0.481 e. The fourth-order valence-electron chi connectivity index (χ4n) is 2.04. The molecule has 3 N–H and O–H groups in total. The molecule has 1 fully saturated rings. The van der Waals surface area contributed by atoms with Crippen LogP contribution in [0.2, 0.25) is 0 Å². The van der Waals surface area contributed by atoms with Crippen molar-refractivity contribution in [1.29, 1.82) is 0 Å². The van der Waals surface area contributed by atoms with Crippen molar-refractivity contribution in [3.05, 3.63) is 29.3 Å². The maximum atomic E-state index is 12.2. The van der Waals surface area contributed by atoms with E-state index in [1.807, 2.05) is 0 Å². The molecule has 1 aromatic carbocycles. The van der Waals surface area contributed by atoms with Crippen LogP contribution < -0.4 is 10.0 Å². The van der Waals surface area contributed by atoms with Gasteiger partial charge in [-0.25, -0.2) is 13.1 Å². The van der Waals surface area contributed by atoms with Gasteiger partial charge < -0.3 is 10.4 Å². The van der Waals surface area contributed by atoms with Gasteiger partial charge in [0.15, 0.2) is 0 Å². The molecule has 1 aliphatic carbocycles. The minimum absolute atomic E-state index is 0.00500. The van der Waals surface area contributed by atoms with Crippen molar-refractivity contribution in [3.8, 4) is 0 Å². The largest absolute Gasteiger partial charge is 0.481 e. The lowest BCUT2D eigenvalue weighted by Gasteiger charge is -2.10. The number of aryl methyl sites for hydroxylation is 1. The normalized spacial score (nSPS) is 14.5. The molecule has 126 valence electrons. The van der Waals surface area contributed by atoms with E-state index in [0.29, 0.717) is 12.0 Å². The molecule has 23 heavy (non-hydrogen) atoms. The van der Waals surface area contributed by atoms with Gasteiger partial charge in [0.25, 0.3) is 5.91 Å². The number of sulfonamides is 1. The first-order valence-electron chi connectivity index (χ1n) is 7.42. The van der Waals surface area contributed by atoms with E-state index in [1.165, 1.54) is 12.1 Å². The summed E-state index contributed by atoms with van der Waals surface area (Å²) < 4.78 is 27.0. The van der Waals surface area contributed by atoms with Crippen LogP contribution in [0.1, 0.15) is 41.6 Å². The van der Waals surface area contributed by atoms with E-state index in [2.05, 4.69) is 10.0 Å². The number of aliphatic carboxylic acids is 1. The lowest BCUT2D eigenvalue weighted by molar-refractivity contribution is -0.137. The molecule has 1 saturated carbocycles. The molecule has 1 aromatic rings. The summed E-state index contributed by atoms with van der Waals surface area (Å²) in [6.45, 7) is 1.94. The van der Waals surface area contributed by atoms with Crippen LogP contribution in [-0.2, 0) is 14.8 Å². The number of benzene rings is 1. The zero-order chi connectivity index (χ0) is 17.0. The van der Waals surface area contributed by atoms with Gasteiger partial charge in [-0.3, -0.25) is 9.59 Å². The van der Waals surface area contributed by atoms with Crippen LogP contribution >= 0.6 is 0 Å². The molecule has 2 rings (SSSR count). The molecule has 8 heteroatoms. The molecule has 0 aliphatic heterocycles. The fraction of sp³-hybridized carbons (Fsp3) is 0.467. The second kappa shape index (κ2) is 7.10.